The van der Waals surface area contributed by atoms with Crippen LogP contribution in [0.1, 0.15) is 26.4 Å². The molecule has 0 aliphatic carbocycles. The predicted octanol–water partition coefficient (Wildman–Crippen LogP) is 4.69. The van der Waals surface area contributed by atoms with Gasteiger partial charge >= 0.3 is 11.9 Å². The lowest BCUT2D eigenvalue weighted by atomic mass is 10.0. The van der Waals surface area contributed by atoms with Crippen molar-refractivity contribution in [1.82, 2.24) is 9.78 Å². The number of ether oxygens (including phenoxy) is 3. The highest BCUT2D eigenvalue weighted by atomic mass is 16.5. The Morgan fingerprint density at radius 1 is 0.788 bits per heavy atom. The molecule has 4 rings (SSSR count). The smallest absolute Gasteiger partial charge is 0.357 e. The van der Waals surface area contributed by atoms with E-state index in [0.29, 0.717) is 23.6 Å². The molecule has 4 aromatic rings. The summed E-state index contributed by atoms with van der Waals surface area (Å²) >= 11 is 0. The Morgan fingerprint density at radius 3 is 2.06 bits per heavy atom. The minimum Gasteiger partial charge on any atom is -0.488 e. The van der Waals surface area contributed by atoms with Crippen molar-refractivity contribution in [1.29, 1.82) is 0 Å². The van der Waals surface area contributed by atoms with Crippen molar-refractivity contribution in [2.45, 2.75) is 6.61 Å². The van der Waals surface area contributed by atoms with Gasteiger partial charge in [-0.2, -0.15) is 5.10 Å². The number of benzene rings is 3. The lowest BCUT2D eigenvalue weighted by Gasteiger charge is -2.11. The number of carbonyl (C=O) groups excluding carboxylic acids is 2. The third kappa shape index (κ3) is 4.48. The van der Waals surface area contributed by atoms with Crippen LogP contribution in [0.4, 0.5) is 0 Å². The third-order valence-corrected chi connectivity index (χ3v) is 5.03. The van der Waals surface area contributed by atoms with E-state index in [1.165, 1.54) is 18.9 Å². The van der Waals surface area contributed by atoms with Gasteiger partial charge in [0.25, 0.3) is 0 Å². The second kappa shape index (κ2) is 9.82. The molecule has 0 saturated carbocycles. The van der Waals surface area contributed by atoms with Crippen LogP contribution in [0, 0.1) is 0 Å². The molecular weight excluding hydrogens is 420 g/mol. The zero-order valence-electron chi connectivity index (χ0n) is 18.2. The molecule has 0 radical (unpaired) electrons. The van der Waals surface area contributed by atoms with Crippen LogP contribution in [0.2, 0.25) is 0 Å². The number of para-hydroxylation sites is 2. The van der Waals surface area contributed by atoms with Crippen LogP contribution in [-0.2, 0) is 16.1 Å². The van der Waals surface area contributed by atoms with E-state index < -0.39 is 11.9 Å². The van der Waals surface area contributed by atoms with Gasteiger partial charge in [-0.05, 0) is 29.8 Å². The van der Waals surface area contributed by atoms with Gasteiger partial charge in [0, 0.05) is 5.56 Å². The normalized spacial score (nSPS) is 10.5. The van der Waals surface area contributed by atoms with Gasteiger partial charge in [0.1, 0.15) is 23.6 Å². The topological polar surface area (TPSA) is 79.7 Å². The molecule has 0 atom stereocenters. The molecule has 0 saturated heterocycles. The summed E-state index contributed by atoms with van der Waals surface area (Å²) < 4.78 is 17.5. The van der Waals surface area contributed by atoms with Crippen molar-refractivity contribution >= 4 is 11.9 Å². The van der Waals surface area contributed by atoms with Crippen molar-refractivity contribution in [2.24, 2.45) is 0 Å². The van der Waals surface area contributed by atoms with Crippen LogP contribution in [0.15, 0.2) is 84.9 Å². The summed E-state index contributed by atoms with van der Waals surface area (Å²) in [7, 11) is 2.51. The van der Waals surface area contributed by atoms with Crippen LogP contribution in [0.3, 0.4) is 0 Å². The number of methoxy groups -OCH3 is 2. The molecular formula is C26H22N2O5. The van der Waals surface area contributed by atoms with E-state index in [9.17, 15) is 9.59 Å². The standard InChI is InChI=1S/C26H22N2O5/c1-31-25(29)22-23(27-28(24(22)26(30)32-2)19-13-7-4-8-14-19)20-15-9-10-16-21(20)33-17-18-11-5-3-6-12-18/h3-16H,17H2,1-2H3. The Balaban J connectivity index is 1.88. The molecule has 3 aromatic carbocycles. The summed E-state index contributed by atoms with van der Waals surface area (Å²) in [5.74, 6) is -0.897. The Kier molecular flexibility index (Phi) is 6.50. The molecule has 0 aliphatic heterocycles. The minimum absolute atomic E-state index is 0.00367. The first kappa shape index (κ1) is 21.8. The molecule has 1 aromatic heterocycles. The van der Waals surface area contributed by atoms with E-state index in [2.05, 4.69) is 5.10 Å². The van der Waals surface area contributed by atoms with Gasteiger partial charge in [0.2, 0.25) is 0 Å². The largest absolute Gasteiger partial charge is 0.488 e. The Morgan fingerprint density at radius 2 is 1.39 bits per heavy atom. The fraction of sp³-hybridized carbons (Fsp3) is 0.115. The fourth-order valence-corrected chi connectivity index (χ4v) is 3.47. The summed E-state index contributed by atoms with van der Waals surface area (Å²) in [5, 5.41) is 4.64. The second-order valence-corrected chi connectivity index (χ2v) is 7.07. The second-order valence-electron chi connectivity index (χ2n) is 7.07. The first-order valence-electron chi connectivity index (χ1n) is 10.2. The number of hydrogen-bond donors (Lipinski definition) is 0. The third-order valence-electron chi connectivity index (χ3n) is 5.03. The van der Waals surface area contributed by atoms with Gasteiger partial charge in [-0.25, -0.2) is 14.3 Å². The van der Waals surface area contributed by atoms with Crippen molar-refractivity contribution < 1.29 is 23.8 Å². The highest BCUT2D eigenvalue weighted by Crippen LogP contribution is 2.35. The number of rotatable bonds is 7. The van der Waals surface area contributed by atoms with Gasteiger partial charge in [-0.1, -0.05) is 60.7 Å². The number of esters is 2. The number of carbonyl (C=O) groups is 2. The maximum atomic E-state index is 12.9. The zero-order chi connectivity index (χ0) is 23.2. The fourth-order valence-electron chi connectivity index (χ4n) is 3.47. The molecule has 0 N–H and O–H groups in total. The molecule has 0 spiro atoms. The Bertz CT molecular complexity index is 1270. The van der Waals surface area contributed by atoms with E-state index in [0.717, 1.165) is 5.56 Å². The quantitative estimate of drug-likeness (QED) is 0.386. The molecule has 0 amide bonds. The van der Waals surface area contributed by atoms with Crippen LogP contribution in [-0.4, -0.2) is 35.9 Å². The summed E-state index contributed by atoms with van der Waals surface area (Å²) in [6.07, 6.45) is 0. The first-order chi connectivity index (χ1) is 16.1. The van der Waals surface area contributed by atoms with Gasteiger partial charge in [-0.15, -0.1) is 0 Å². The van der Waals surface area contributed by atoms with E-state index in [1.807, 2.05) is 60.7 Å². The number of nitrogens with zero attached hydrogens (tertiary/aromatic N) is 2. The SMILES string of the molecule is COC(=O)c1c(-c2ccccc2OCc2ccccc2)nn(-c2ccccc2)c1C(=O)OC. The monoisotopic (exact) mass is 442 g/mol. The summed E-state index contributed by atoms with van der Waals surface area (Å²) in [4.78, 5) is 25.6. The summed E-state index contributed by atoms with van der Waals surface area (Å²) in [6, 6.07) is 26.0. The van der Waals surface area contributed by atoms with E-state index >= 15 is 0 Å². The molecule has 0 aliphatic rings. The molecule has 166 valence electrons. The average molecular weight is 442 g/mol. The van der Waals surface area contributed by atoms with Crippen molar-refractivity contribution in [3.63, 3.8) is 0 Å². The summed E-state index contributed by atoms with van der Waals surface area (Å²) in [6.45, 7) is 0.328. The van der Waals surface area contributed by atoms with Gasteiger partial charge in [0.15, 0.2) is 5.69 Å². The number of hydrogen-bond acceptors (Lipinski definition) is 6. The van der Waals surface area contributed by atoms with E-state index in [1.54, 1.807) is 24.3 Å². The van der Waals surface area contributed by atoms with Crippen LogP contribution >= 0.6 is 0 Å². The highest BCUT2D eigenvalue weighted by Gasteiger charge is 2.32. The van der Waals surface area contributed by atoms with E-state index in [4.69, 9.17) is 14.2 Å². The summed E-state index contributed by atoms with van der Waals surface area (Å²) in [5.41, 5.74) is 2.37. The molecule has 7 heteroatoms. The van der Waals surface area contributed by atoms with Gasteiger partial charge < -0.3 is 14.2 Å². The molecule has 7 nitrogen and oxygen atoms in total. The number of aromatic nitrogens is 2. The zero-order valence-corrected chi connectivity index (χ0v) is 18.2. The van der Waals surface area contributed by atoms with Crippen molar-refractivity contribution in [3.8, 4) is 22.7 Å². The van der Waals surface area contributed by atoms with Gasteiger partial charge in [-0.3, -0.25) is 0 Å². The molecule has 33 heavy (non-hydrogen) atoms. The van der Waals surface area contributed by atoms with Crippen LogP contribution in [0.5, 0.6) is 5.75 Å². The lowest BCUT2D eigenvalue weighted by Crippen LogP contribution is -2.15. The van der Waals surface area contributed by atoms with Crippen LogP contribution in [0.25, 0.3) is 16.9 Å². The maximum absolute atomic E-state index is 12.9. The molecule has 0 unspecified atom stereocenters. The molecule has 0 fully saturated rings. The van der Waals surface area contributed by atoms with Gasteiger partial charge in [0.05, 0.1) is 19.9 Å². The van der Waals surface area contributed by atoms with E-state index in [-0.39, 0.29) is 17.0 Å². The molecule has 1 heterocycles. The molecule has 0 bridgehead atoms. The predicted molar refractivity (Wildman–Crippen MR) is 122 cm³/mol. The maximum Gasteiger partial charge on any atom is 0.357 e. The minimum atomic E-state index is -0.708. The van der Waals surface area contributed by atoms with Crippen molar-refractivity contribution in [3.05, 3.63) is 102 Å². The Hall–Kier alpha value is -4.39. The van der Waals surface area contributed by atoms with Crippen molar-refractivity contribution in [2.75, 3.05) is 14.2 Å². The van der Waals surface area contributed by atoms with Crippen LogP contribution < -0.4 is 4.74 Å². The average Bonchev–Trinajstić information content (AvgIpc) is 3.28. The lowest BCUT2D eigenvalue weighted by molar-refractivity contribution is 0.0549. The first-order valence-corrected chi connectivity index (χ1v) is 10.2. The Labute approximate surface area is 191 Å². The highest BCUT2D eigenvalue weighted by molar-refractivity contribution is 6.07.